The molecule has 2 heterocycles. The standard InChI is InChI=1S/C22H28FN3O4/c1-13-10-26(11-14(2)29-13)20-16(12-27)8-17-19(25-30-21(17)18(20)23)22(28)24-9-15-6-4-3-5-7-15/h8,12-15H,3-7,9-11H2,1-2H3,(H,24,28). The van der Waals surface area contributed by atoms with Crippen molar-refractivity contribution in [1.29, 1.82) is 0 Å². The molecule has 2 aromatic rings. The van der Waals surface area contributed by atoms with Crippen molar-refractivity contribution in [3.05, 3.63) is 23.1 Å². The van der Waals surface area contributed by atoms with Crippen LogP contribution in [0.2, 0.25) is 0 Å². The normalized spacial score (nSPS) is 23.0. The predicted octanol–water partition coefficient (Wildman–Crippen LogP) is 3.70. The van der Waals surface area contributed by atoms with Gasteiger partial charge in [0.1, 0.15) is 0 Å². The van der Waals surface area contributed by atoms with Gasteiger partial charge in [0.15, 0.2) is 17.8 Å². The van der Waals surface area contributed by atoms with Gasteiger partial charge in [-0.05, 0) is 38.7 Å². The van der Waals surface area contributed by atoms with Gasteiger partial charge in [-0.3, -0.25) is 9.59 Å². The van der Waals surface area contributed by atoms with E-state index in [0.29, 0.717) is 31.8 Å². The minimum atomic E-state index is -0.672. The summed E-state index contributed by atoms with van der Waals surface area (Å²) in [6.07, 6.45) is 6.23. The Kier molecular flexibility index (Phi) is 6.04. The molecule has 1 saturated carbocycles. The molecule has 1 saturated heterocycles. The van der Waals surface area contributed by atoms with Gasteiger partial charge in [0.05, 0.1) is 23.3 Å². The number of hydrogen-bond donors (Lipinski definition) is 1. The molecule has 2 unspecified atom stereocenters. The van der Waals surface area contributed by atoms with E-state index < -0.39 is 11.7 Å². The number of morpholine rings is 1. The summed E-state index contributed by atoms with van der Waals surface area (Å²) in [5.74, 6) is -0.619. The summed E-state index contributed by atoms with van der Waals surface area (Å²) >= 11 is 0. The van der Waals surface area contributed by atoms with Gasteiger partial charge in [0.25, 0.3) is 5.91 Å². The average Bonchev–Trinajstić information content (AvgIpc) is 3.16. The molecule has 8 heteroatoms. The van der Waals surface area contributed by atoms with E-state index in [1.54, 1.807) is 4.90 Å². The number of aldehydes is 1. The van der Waals surface area contributed by atoms with Gasteiger partial charge in [-0.15, -0.1) is 0 Å². The quantitative estimate of drug-likeness (QED) is 0.747. The van der Waals surface area contributed by atoms with Crippen LogP contribution in [0.5, 0.6) is 0 Å². The van der Waals surface area contributed by atoms with E-state index in [1.807, 2.05) is 13.8 Å². The van der Waals surface area contributed by atoms with Gasteiger partial charge < -0.3 is 19.5 Å². The van der Waals surface area contributed by atoms with Crippen molar-refractivity contribution in [2.45, 2.75) is 58.2 Å². The highest BCUT2D eigenvalue weighted by molar-refractivity contribution is 6.06. The Balaban J connectivity index is 1.62. The second-order valence-corrected chi connectivity index (χ2v) is 8.53. The lowest BCUT2D eigenvalue weighted by atomic mass is 9.89. The van der Waals surface area contributed by atoms with E-state index in [0.717, 1.165) is 12.8 Å². The smallest absolute Gasteiger partial charge is 0.274 e. The third-order valence-electron chi connectivity index (χ3n) is 6.06. The number of benzene rings is 1. The van der Waals surface area contributed by atoms with Crippen LogP contribution in [0.25, 0.3) is 11.0 Å². The molecule has 30 heavy (non-hydrogen) atoms. The molecule has 0 spiro atoms. The molecule has 7 nitrogen and oxygen atoms in total. The van der Waals surface area contributed by atoms with Gasteiger partial charge in [-0.1, -0.05) is 24.4 Å². The number of carbonyl (C=O) groups is 2. The minimum Gasteiger partial charge on any atom is -0.372 e. The minimum absolute atomic E-state index is 0.0121. The molecule has 2 aliphatic rings. The number of rotatable bonds is 5. The Labute approximate surface area is 174 Å². The van der Waals surface area contributed by atoms with Crippen LogP contribution >= 0.6 is 0 Å². The van der Waals surface area contributed by atoms with Crippen LogP contribution in [0.15, 0.2) is 10.6 Å². The van der Waals surface area contributed by atoms with Gasteiger partial charge in [-0.25, -0.2) is 4.39 Å². The van der Waals surface area contributed by atoms with Crippen molar-refractivity contribution < 1.29 is 23.2 Å². The molecule has 2 atom stereocenters. The van der Waals surface area contributed by atoms with Gasteiger partial charge >= 0.3 is 0 Å². The number of ether oxygens (including phenoxy) is 1. The van der Waals surface area contributed by atoms with Crippen molar-refractivity contribution in [3.63, 3.8) is 0 Å². The Morgan fingerprint density at radius 1 is 1.27 bits per heavy atom. The van der Waals surface area contributed by atoms with Crippen LogP contribution in [0.3, 0.4) is 0 Å². The van der Waals surface area contributed by atoms with Crippen LogP contribution < -0.4 is 10.2 Å². The molecule has 162 valence electrons. The van der Waals surface area contributed by atoms with Crippen LogP contribution in [0, 0.1) is 11.7 Å². The van der Waals surface area contributed by atoms with E-state index >= 15 is 4.39 Å². The second-order valence-electron chi connectivity index (χ2n) is 8.53. The van der Waals surface area contributed by atoms with Gasteiger partial charge in [-0.2, -0.15) is 0 Å². The summed E-state index contributed by atoms with van der Waals surface area (Å²) < 4.78 is 26.3. The topological polar surface area (TPSA) is 84.7 Å². The largest absolute Gasteiger partial charge is 0.372 e. The highest BCUT2D eigenvalue weighted by Crippen LogP contribution is 2.34. The first-order valence-corrected chi connectivity index (χ1v) is 10.7. The average molecular weight is 417 g/mol. The fourth-order valence-corrected chi connectivity index (χ4v) is 4.69. The molecule has 4 rings (SSSR count). The fourth-order valence-electron chi connectivity index (χ4n) is 4.69. The molecule has 0 bridgehead atoms. The highest BCUT2D eigenvalue weighted by Gasteiger charge is 2.30. The van der Waals surface area contributed by atoms with Crippen molar-refractivity contribution in [1.82, 2.24) is 10.5 Å². The van der Waals surface area contributed by atoms with Crippen LogP contribution in [-0.2, 0) is 4.74 Å². The number of aromatic nitrogens is 1. The SMILES string of the molecule is CC1CN(c2c(C=O)cc3c(C(=O)NCC4CCCCC4)noc3c2F)CC(C)O1. The van der Waals surface area contributed by atoms with Crippen LogP contribution in [0.4, 0.5) is 10.1 Å². The monoisotopic (exact) mass is 417 g/mol. The van der Waals surface area contributed by atoms with Crippen LogP contribution in [0.1, 0.15) is 66.8 Å². The zero-order chi connectivity index (χ0) is 21.3. The lowest BCUT2D eigenvalue weighted by Gasteiger charge is -2.37. The molecule has 1 aliphatic carbocycles. The lowest BCUT2D eigenvalue weighted by Crippen LogP contribution is -2.46. The van der Waals surface area contributed by atoms with E-state index in [9.17, 15) is 9.59 Å². The number of amides is 1. The molecule has 1 amide bonds. The number of fused-ring (bicyclic) bond motifs is 1. The summed E-state index contributed by atoms with van der Waals surface area (Å²) in [6, 6.07) is 1.50. The van der Waals surface area contributed by atoms with Gasteiger partial charge in [0, 0.05) is 25.2 Å². The zero-order valence-electron chi connectivity index (χ0n) is 17.4. The third kappa shape index (κ3) is 4.05. The van der Waals surface area contributed by atoms with Crippen molar-refractivity contribution >= 4 is 28.8 Å². The van der Waals surface area contributed by atoms with Crippen LogP contribution in [-0.4, -0.2) is 49.2 Å². The number of nitrogens with zero attached hydrogens (tertiary/aromatic N) is 2. The molecule has 0 radical (unpaired) electrons. The van der Waals surface area contributed by atoms with Crippen molar-refractivity contribution in [2.24, 2.45) is 5.92 Å². The Morgan fingerprint density at radius 3 is 2.63 bits per heavy atom. The Morgan fingerprint density at radius 2 is 1.97 bits per heavy atom. The van der Waals surface area contributed by atoms with E-state index in [1.165, 1.54) is 25.3 Å². The number of anilines is 1. The molecule has 1 aromatic carbocycles. The number of carbonyl (C=O) groups excluding carboxylic acids is 2. The molecule has 1 aliphatic heterocycles. The van der Waals surface area contributed by atoms with Gasteiger partial charge in [0.2, 0.25) is 5.58 Å². The second kappa shape index (κ2) is 8.71. The lowest BCUT2D eigenvalue weighted by molar-refractivity contribution is -0.00543. The molecule has 2 fully saturated rings. The first-order valence-electron chi connectivity index (χ1n) is 10.7. The molecular weight excluding hydrogens is 389 g/mol. The summed E-state index contributed by atoms with van der Waals surface area (Å²) in [4.78, 5) is 26.3. The van der Waals surface area contributed by atoms with E-state index in [4.69, 9.17) is 9.26 Å². The highest BCUT2D eigenvalue weighted by atomic mass is 19.1. The molecule has 1 N–H and O–H groups in total. The predicted molar refractivity (Wildman–Crippen MR) is 110 cm³/mol. The summed E-state index contributed by atoms with van der Waals surface area (Å²) in [5.41, 5.74) is 0.249. The van der Waals surface area contributed by atoms with Crippen molar-refractivity contribution in [2.75, 3.05) is 24.5 Å². The first kappa shape index (κ1) is 20.8. The summed E-state index contributed by atoms with van der Waals surface area (Å²) in [6.45, 7) is 5.29. The maximum atomic E-state index is 15.4. The van der Waals surface area contributed by atoms with Crippen molar-refractivity contribution in [3.8, 4) is 0 Å². The summed E-state index contributed by atoms with van der Waals surface area (Å²) in [5, 5.41) is 6.94. The number of nitrogens with one attached hydrogen (secondary N) is 1. The summed E-state index contributed by atoms with van der Waals surface area (Å²) in [7, 11) is 0. The fraction of sp³-hybridized carbons (Fsp3) is 0.591. The Hall–Kier alpha value is -2.48. The maximum absolute atomic E-state index is 15.4. The van der Waals surface area contributed by atoms with E-state index in [2.05, 4.69) is 10.5 Å². The number of halogens is 1. The Bertz CT molecular complexity index is 928. The first-order chi connectivity index (χ1) is 14.5. The third-order valence-corrected chi connectivity index (χ3v) is 6.06. The molecule has 1 aromatic heterocycles. The number of hydrogen-bond acceptors (Lipinski definition) is 6. The zero-order valence-corrected chi connectivity index (χ0v) is 17.4. The van der Waals surface area contributed by atoms with E-state index in [-0.39, 0.29) is 40.1 Å². The maximum Gasteiger partial charge on any atom is 0.274 e. The molecular formula is C22H28FN3O4.